The van der Waals surface area contributed by atoms with Crippen LogP contribution in [0.1, 0.15) is 19.4 Å². The minimum Gasteiger partial charge on any atom is -0.458 e. The Hall–Kier alpha value is -2.34. The lowest BCUT2D eigenvalue weighted by Crippen LogP contribution is -2.37. The third-order valence-corrected chi connectivity index (χ3v) is 5.16. The normalized spacial score (nSPS) is 15.0. The Morgan fingerprint density at radius 2 is 1.57 bits per heavy atom. The van der Waals surface area contributed by atoms with Crippen LogP contribution in [0.3, 0.4) is 0 Å². The molecule has 28 heavy (non-hydrogen) atoms. The molecule has 0 radical (unpaired) electrons. The number of rotatable bonds is 9. The molecule has 150 valence electrons. The van der Waals surface area contributed by atoms with Crippen LogP contribution in [0.15, 0.2) is 60.7 Å². The highest BCUT2D eigenvalue weighted by Gasteiger charge is 2.30. The summed E-state index contributed by atoms with van der Waals surface area (Å²) >= 11 is 5.85. The second-order valence-corrected chi connectivity index (χ2v) is 8.64. The van der Waals surface area contributed by atoms with Crippen molar-refractivity contribution >= 4 is 30.1 Å². The average molecular weight is 426 g/mol. The van der Waals surface area contributed by atoms with E-state index >= 15 is 0 Å². The number of benzene rings is 2. The van der Waals surface area contributed by atoms with Crippen molar-refractivity contribution in [1.29, 1.82) is 0 Å². The maximum atomic E-state index is 12.3. The topological polar surface area (TPSA) is 90.9 Å². The number of carbonyl (C=O) groups excluding carboxylic acids is 2. The lowest BCUT2D eigenvalue weighted by Gasteiger charge is -2.20. The molecule has 7 nitrogen and oxygen atoms in total. The summed E-state index contributed by atoms with van der Waals surface area (Å²) in [7, 11) is 0. The van der Waals surface area contributed by atoms with Crippen LogP contribution in [-0.4, -0.2) is 24.1 Å². The average Bonchev–Trinajstić information content (AvgIpc) is 2.66. The highest BCUT2D eigenvalue weighted by atomic mass is 35.7. The Kier molecular flexibility index (Phi) is 8.05. The molecular weight excluding hydrogens is 405 g/mol. The first-order chi connectivity index (χ1) is 13.3. The van der Waals surface area contributed by atoms with Gasteiger partial charge < -0.3 is 14.0 Å². The van der Waals surface area contributed by atoms with Gasteiger partial charge in [-0.05, 0) is 31.5 Å². The summed E-state index contributed by atoms with van der Waals surface area (Å²) in [5.74, 6) is -1.23. The van der Waals surface area contributed by atoms with E-state index < -0.39 is 31.0 Å². The summed E-state index contributed by atoms with van der Waals surface area (Å²) in [6.45, 7) is -0.988. The minimum atomic E-state index is -3.84. The number of carbonyl (C=O) groups is 2. The van der Waals surface area contributed by atoms with Crippen LogP contribution in [0, 0.1) is 0 Å². The largest absolute Gasteiger partial charge is 0.458 e. The Balaban J connectivity index is 1.81. The van der Waals surface area contributed by atoms with E-state index in [-0.39, 0.29) is 12.4 Å². The van der Waals surface area contributed by atoms with Crippen molar-refractivity contribution in [3.8, 4) is 5.75 Å². The molecule has 0 bridgehead atoms. The molecule has 0 spiro atoms. The molecule has 1 N–H and O–H groups in total. The van der Waals surface area contributed by atoms with Crippen molar-refractivity contribution in [3.63, 3.8) is 0 Å². The van der Waals surface area contributed by atoms with Gasteiger partial charge in [-0.25, -0.2) is 14.4 Å². The number of para-hydroxylation sites is 1. The van der Waals surface area contributed by atoms with E-state index in [2.05, 4.69) is 5.09 Å². The van der Waals surface area contributed by atoms with Gasteiger partial charge in [0.05, 0.1) is 0 Å². The minimum absolute atomic E-state index is 0.0666. The molecule has 0 amide bonds. The van der Waals surface area contributed by atoms with E-state index in [1.54, 1.807) is 42.5 Å². The Bertz CT molecular complexity index is 833. The van der Waals surface area contributed by atoms with Gasteiger partial charge in [-0.3, -0.25) is 4.79 Å². The van der Waals surface area contributed by atoms with E-state index in [0.29, 0.717) is 0 Å². The third kappa shape index (κ3) is 7.35. The predicted octanol–water partition coefficient (Wildman–Crippen LogP) is 4.07. The van der Waals surface area contributed by atoms with Crippen molar-refractivity contribution < 1.29 is 28.2 Å². The van der Waals surface area contributed by atoms with Crippen LogP contribution >= 0.6 is 18.1 Å². The summed E-state index contributed by atoms with van der Waals surface area (Å²) in [6, 6.07) is 16.3. The molecule has 0 saturated heterocycles. The SMILES string of the molecule is C[C@H](NP(=O)(Cl)Oc1ccccc1)C(=O)O[C@@H](C)C(=O)OCc1ccccc1. The molecule has 0 aliphatic rings. The number of halogens is 1. The first-order valence-electron chi connectivity index (χ1n) is 8.50. The van der Waals surface area contributed by atoms with Crippen molar-refractivity contribution in [2.45, 2.75) is 32.6 Å². The molecule has 1 unspecified atom stereocenters. The third-order valence-electron chi connectivity index (χ3n) is 3.52. The van der Waals surface area contributed by atoms with E-state index in [9.17, 15) is 14.2 Å². The quantitative estimate of drug-likeness (QED) is 0.478. The first-order valence-corrected chi connectivity index (χ1v) is 11.0. The van der Waals surface area contributed by atoms with Gasteiger partial charge >= 0.3 is 18.8 Å². The number of nitrogens with one attached hydrogen (secondary N) is 1. The predicted molar refractivity (Wildman–Crippen MR) is 105 cm³/mol. The molecular formula is C19H21ClNO6P. The molecule has 2 aromatic rings. The zero-order valence-electron chi connectivity index (χ0n) is 15.4. The number of hydrogen-bond acceptors (Lipinski definition) is 6. The van der Waals surface area contributed by atoms with Crippen LogP contribution < -0.4 is 9.61 Å². The summed E-state index contributed by atoms with van der Waals surface area (Å²) in [5.41, 5.74) is 0.811. The summed E-state index contributed by atoms with van der Waals surface area (Å²) < 4.78 is 27.6. The second kappa shape index (κ2) is 10.3. The first kappa shape index (κ1) is 22.0. The molecule has 0 heterocycles. The Morgan fingerprint density at radius 3 is 2.18 bits per heavy atom. The lowest BCUT2D eigenvalue weighted by molar-refractivity contribution is -0.168. The van der Waals surface area contributed by atoms with Crippen LogP contribution in [0.5, 0.6) is 5.75 Å². The van der Waals surface area contributed by atoms with Crippen LogP contribution in [0.2, 0.25) is 0 Å². The number of ether oxygens (including phenoxy) is 2. The maximum absolute atomic E-state index is 12.3. The van der Waals surface area contributed by atoms with Crippen LogP contribution in [0.25, 0.3) is 0 Å². The van der Waals surface area contributed by atoms with Gasteiger partial charge in [0.2, 0.25) is 0 Å². The van der Waals surface area contributed by atoms with Gasteiger partial charge in [-0.1, -0.05) is 48.5 Å². The molecule has 9 heteroatoms. The number of esters is 2. The molecule has 2 aromatic carbocycles. The summed E-state index contributed by atoms with van der Waals surface area (Å²) in [4.78, 5) is 24.1. The smallest absolute Gasteiger partial charge is 0.409 e. The molecule has 2 rings (SSSR count). The highest BCUT2D eigenvalue weighted by Crippen LogP contribution is 2.48. The number of hydrogen-bond donors (Lipinski definition) is 1. The van der Waals surface area contributed by atoms with Gasteiger partial charge in [0.1, 0.15) is 18.4 Å². The summed E-state index contributed by atoms with van der Waals surface area (Å²) in [6.07, 6.45) is -1.13. The molecule has 0 aliphatic heterocycles. The van der Waals surface area contributed by atoms with Crippen molar-refractivity contribution in [2.24, 2.45) is 0 Å². The molecule has 0 aromatic heterocycles. The van der Waals surface area contributed by atoms with E-state index in [0.717, 1.165) is 5.56 Å². The lowest BCUT2D eigenvalue weighted by atomic mass is 10.2. The fraction of sp³-hybridized carbons (Fsp3) is 0.263. The zero-order chi connectivity index (χ0) is 20.6. The van der Waals surface area contributed by atoms with E-state index in [1.165, 1.54) is 13.8 Å². The molecule has 0 fully saturated rings. The van der Waals surface area contributed by atoms with Crippen molar-refractivity contribution in [3.05, 3.63) is 66.2 Å². The molecule has 3 atom stereocenters. The molecule has 0 saturated carbocycles. The monoisotopic (exact) mass is 425 g/mol. The van der Waals surface area contributed by atoms with Crippen molar-refractivity contribution in [1.82, 2.24) is 5.09 Å². The fourth-order valence-corrected chi connectivity index (χ4v) is 3.79. The van der Waals surface area contributed by atoms with Gasteiger partial charge in [-0.2, -0.15) is 0 Å². The highest BCUT2D eigenvalue weighted by molar-refractivity contribution is 7.84. The standard InChI is InChI=1S/C19H21ClNO6P/c1-14(21-28(20,24)27-17-11-7-4-8-12-17)18(22)26-15(2)19(23)25-13-16-9-5-3-6-10-16/h3-12,14-15H,13H2,1-2H3,(H,21,24)/t14-,15-,28?/m0/s1. The van der Waals surface area contributed by atoms with Gasteiger partial charge in [0.15, 0.2) is 6.10 Å². The van der Waals surface area contributed by atoms with Crippen LogP contribution in [-0.2, 0) is 30.2 Å². The Morgan fingerprint density at radius 1 is 1.00 bits per heavy atom. The zero-order valence-corrected chi connectivity index (χ0v) is 17.1. The van der Waals surface area contributed by atoms with Gasteiger partial charge in [0, 0.05) is 11.2 Å². The maximum Gasteiger partial charge on any atom is 0.409 e. The van der Waals surface area contributed by atoms with Gasteiger partial charge in [-0.15, -0.1) is 0 Å². The van der Waals surface area contributed by atoms with Crippen LogP contribution in [0.4, 0.5) is 0 Å². The fourth-order valence-electron chi connectivity index (χ4n) is 2.10. The van der Waals surface area contributed by atoms with Gasteiger partial charge in [0.25, 0.3) is 0 Å². The van der Waals surface area contributed by atoms with E-state index in [4.69, 9.17) is 25.2 Å². The second-order valence-electron chi connectivity index (χ2n) is 5.91. The summed E-state index contributed by atoms with van der Waals surface area (Å²) in [5, 5.41) is 2.38. The van der Waals surface area contributed by atoms with Crippen molar-refractivity contribution in [2.75, 3.05) is 0 Å². The van der Waals surface area contributed by atoms with E-state index in [1.807, 2.05) is 18.2 Å². The Labute approximate surface area is 168 Å². The molecule has 0 aliphatic carbocycles.